The Balaban J connectivity index is 1.49. The van der Waals surface area contributed by atoms with Crippen LogP contribution in [0.1, 0.15) is 55.7 Å². The van der Waals surface area contributed by atoms with E-state index in [9.17, 15) is 14.7 Å². The maximum absolute atomic E-state index is 13.5. The molecule has 2 fully saturated rings. The van der Waals surface area contributed by atoms with E-state index in [4.69, 9.17) is 14.2 Å². The number of carboxylic acid groups (broad SMARTS) is 1. The summed E-state index contributed by atoms with van der Waals surface area (Å²) in [5.41, 5.74) is 1.74. The first-order valence-electron chi connectivity index (χ1n) is 12.8. The van der Waals surface area contributed by atoms with Crippen molar-refractivity contribution in [3.63, 3.8) is 0 Å². The van der Waals surface area contributed by atoms with Crippen LogP contribution in [0.15, 0.2) is 42.5 Å². The molecule has 0 bridgehead atoms. The number of amides is 1. The highest BCUT2D eigenvalue weighted by Gasteiger charge is 2.48. The van der Waals surface area contributed by atoms with E-state index in [2.05, 4.69) is 4.90 Å². The van der Waals surface area contributed by atoms with Crippen molar-refractivity contribution >= 4 is 11.9 Å². The third-order valence-corrected chi connectivity index (χ3v) is 7.93. The molecule has 0 radical (unpaired) electrons. The normalized spacial score (nSPS) is 23.7. The van der Waals surface area contributed by atoms with E-state index in [-0.39, 0.29) is 31.2 Å². The lowest BCUT2D eigenvalue weighted by molar-refractivity contribution is -0.144. The lowest BCUT2D eigenvalue weighted by atomic mass is 9.82. The van der Waals surface area contributed by atoms with Gasteiger partial charge in [0.2, 0.25) is 12.7 Å². The van der Waals surface area contributed by atoms with Crippen molar-refractivity contribution in [1.29, 1.82) is 0 Å². The number of carbonyl (C=O) groups excluding carboxylic acids is 1. The van der Waals surface area contributed by atoms with Crippen molar-refractivity contribution in [2.45, 2.75) is 50.6 Å². The first kappa shape index (κ1) is 24.4. The van der Waals surface area contributed by atoms with Gasteiger partial charge in [0.25, 0.3) is 0 Å². The summed E-state index contributed by atoms with van der Waals surface area (Å²) in [6, 6.07) is 13.0. The number of methoxy groups -OCH3 is 1. The second-order valence-electron chi connectivity index (χ2n) is 9.85. The third kappa shape index (κ3) is 4.62. The zero-order valence-electron chi connectivity index (χ0n) is 20.9. The first-order valence-corrected chi connectivity index (χ1v) is 12.8. The summed E-state index contributed by atoms with van der Waals surface area (Å²) in [4.78, 5) is 30.3. The Hall–Kier alpha value is -3.26. The van der Waals surface area contributed by atoms with Crippen LogP contribution in [0.3, 0.4) is 0 Å². The second kappa shape index (κ2) is 10.4. The topological polar surface area (TPSA) is 88.5 Å². The molecule has 5 rings (SSSR count). The van der Waals surface area contributed by atoms with Gasteiger partial charge in [-0.1, -0.05) is 31.0 Å². The molecule has 2 aromatic carbocycles. The molecule has 1 saturated heterocycles. The van der Waals surface area contributed by atoms with Crippen LogP contribution in [-0.2, 0) is 9.59 Å². The highest BCUT2D eigenvalue weighted by molar-refractivity contribution is 5.79. The number of benzene rings is 2. The number of fused-ring (bicyclic) bond motifs is 1. The number of aliphatic carboxylic acids is 1. The fraction of sp³-hybridized carbons (Fsp3) is 0.500. The van der Waals surface area contributed by atoms with Gasteiger partial charge >= 0.3 is 5.97 Å². The van der Waals surface area contributed by atoms with E-state index in [1.54, 1.807) is 7.11 Å². The minimum absolute atomic E-state index is 0.0680. The molecule has 2 aromatic rings. The van der Waals surface area contributed by atoms with Gasteiger partial charge in [0.15, 0.2) is 11.5 Å². The van der Waals surface area contributed by atoms with E-state index < -0.39 is 17.9 Å². The van der Waals surface area contributed by atoms with Crippen molar-refractivity contribution < 1.29 is 28.9 Å². The van der Waals surface area contributed by atoms with Crippen LogP contribution >= 0.6 is 0 Å². The summed E-state index contributed by atoms with van der Waals surface area (Å²) in [5, 5.41) is 10.4. The summed E-state index contributed by atoms with van der Waals surface area (Å²) in [5.74, 6) is 0.154. The first-order chi connectivity index (χ1) is 17.5. The van der Waals surface area contributed by atoms with Crippen LogP contribution in [0, 0.1) is 5.92 Å². The van der Waals surface area contributed by atoms with E-state index >= 15 is 0 Å². The lowest BCUT2D eigenvalue weighted by Crippen LogP contribution is -2.45. The molecule has 3 atom stereocenters. The summed E-state index contributed by atoms with van der Waals surface area (Å²) >= 11 is 0. The molecular weight excluding hydrogens is 460 g/mol. The quantitative estimate of drug-likeness (QED) is 0.592. The van der Waals surface area contributed by atoms with Crippen molar-refractivity contribution in [2.75, 3.05) is 33.5 Å². The standard InChI is InChI=1S/C28H34N2O6/c1-3-30(20-6-4-5-7-20)25(31)16-29-15-22(19-10-13-23-24(14-19)36-17-35-23)26(28(32)33)27(29)18-8-11-21(34-2)12-9-18/h8-14,20,22,26-27H,3-7,15-17H2,1-2H3,(H,32,33)/t22-,26+,27-/m1/s1. The zero-order chi connectivity index (χ0) is 25.2. The predicted octanol–water partition coefficient (Wildman–Crippen LogP) is 4.06. The number of carboxylic acids is 1. The van der Waals surface area contributed by atoms with Gasteiger partial charge in [0, 0.05) is 31.1 Å². The summed E-state index contributed by atoms with van der Waals surface area (Å²) in [7, 11) is 1.60. The fourth-order valence-electron chi connectivity index (χ4n) is 6.19. The average molecular weight is 495 g/mol. The summed E-state index contributed by atoms with van der Waals surface area (Å²) in [6.07, 6.45) is 4.39. The average Bonchev–Trinajstić information content (AvgIpc) is 3.64. The molecule has 8 nitrogen and oxygen atoms in total. The van der Waals surface area contributed by atoms with Gasteiger partial charge < -0.3 is 24.2 Å². The van der Waals surface area contributed by atoms with E-state index in [0.29, 0.717) is 30.3 Å². The summed E-state index contributed by atoms with van der Waals surface area (Å²) in [6.45, 7) is 3.50. The number of hydrogen-bond acceptors (Lipinski definition) is 6. The minimum Gasteiger partial charge on any atom is -0.497 e. The smallest absolute Gasteiger partial charge is 0.309 e. The van der Waals surface area contributed by atoms with Crippen LogP contribution in [0.4, 0.5) is 0 Å². The fourth-order valence-corrected chi connectivity index (χ4v) is 6.19. The van der Waals surface area contributed by atoms with Gasteiger partial charge in [-0.05, 0) is 55.2 Å². The van der Waals surface area contributed by atoms with Gasteiger partial charge in [-0.2, -0.15) is 0 Å². The Morgan fingerprint density at radius 1 is 1.06 bits per heavy atom. The van der Waals surface area contributed by atoms with Crippen molar-refractivity contribution in [3.05, 3.63) is 53.6 Å². The van der Waals surface area contributed by atoms with Crippen LogP contribution in [0.2, 0.25) is 0 Å². The molecular formula is C28H34N2O6. The molecule has 2 heterocycles. The Morgan fingerprint density at radius 3 is 2.42 bits per heavy atom. The van der Waals surface area contributed by atoms with Gasteiger partial charge in [-0.25, -0.2) is 0 Å². The summed E-state index contributed by atoms with van der Waals surface area (Å²) < 4.78 is 16.3. The molecule has 1 N–H and O–H groups in total. The number of likely N-dealkylation sites (N-methyl/N-ethyl adjacent to an activating group) is 1. The zero-order valence-corrected chi connectivity index (χ0v) is 20.9. The Kier molecular flexibility index (Phi) is 7.05. The molecule has 1 aliphatic carbocycles. The maximum atomic E-state index is 13.5. The van der Waals surface area contributed by atoms with Crippen molar-refractivity contribution in [3.8, 4) is 17.2 Å². The number of ether oxygens (including phenoxy) is 3. The number of nitrogens with zero attached hydrogens (tertiary/aromatic N) is 2. The van der Waals surface area contributed by atoms with Crippen LogP contribution in [0.25, 0.3) is 0 Å². The highest BCUT2D eigenvalue weighted by Crippen LogP contribution is 2.48. The van der Waals surface area contributed by atoms with E-state index in [1.807, 2.05) is 54.3 Å². The molecule has 0 unspecified atom stereocenters. The Bertz CT molecular complexity index is 1100. The molecule has 3 aliphatic rings. The van der Waals surface area contributed by atoms with Gasteiger partial charge in [-0.3, -0.25) is 14.5 Å². The van der Waals surface area contributed by atoms with Gasteiger partial charge in [-0.15, -0.1) is 0 Å². The highest BCUT2D eigenvalue weighted by atomic mass is 16.7. The molecule has 0 spiro atoms. The Labute approximate surface area is 211 Å². The number of likely N-dealkylation sites (tertiary alicyclic amines) is 1. The van der Waals surface area contributed by atoms with Crippen LogP contribution in [-0.4, -0.2) is 66.4 Å². The van der Waals surface area contributed by atoms with E-state index in [1.165, 1.54) is 0 Å². The number of rotatable bonds is 8. The van der Waals surface area contributed by atoms with Gasteiger partial charge in [0.05, 0.1) is 19.6 Å². The monoisotopic (exact) mass is 494 g/mol. The minimum atomic E-state index is -0.878. The van der Waals surface area contributed by atoms with Crippen molar-refractivity contribution in [1.82, 2.24) is 9.80 Å². The number of hydrogen-bond donors (Lipinski definition) is 1. The van der Waals surface area contributed by atoms with Crippen LogP contribution in [0.5, 0.6) is 17.2 Å². The largest absolute Gasteiger partial charge is 0.497 e. The molecule has 0 aromatic heterocycles. The Morgan fingerprint density at radius 2 is 1.75 bits per heavy atom. The molecule has 8 heteroatoms. The lowest BCUT2D eigenvalue weighted by Gasteiger charge is -2.32. The predicted molar refractivity (Wildman–Crippen MR) is 133 cm³/mol. The third-order valence-electron chi connectivity index (χ3n) is 7.93. The molecule has 2 aliphatic heterocycles. The van der Waals surface area contributed by atoms with Crippen LogP contribution < -0.4 is 14.2 Å². The molecule has 36 heavy (non-hydrogen) atoms. The van der Waals surface area contributed by atoms with E-state index in [0.717, 1.165) is 36.8 Å². The second-order valence-corrected chi connectivity index (χ2v) is 9.85. The molecule has 1 saturated carbocycles. The van der Waals surface area contributed by atoms with Gasteiger partial charge in [0.1, 0.15) is 5.75 Å². The molecule has 1 amide bonds. The molecule has 192 valence electrons. The SMILES string of the molecule is CCN(C(=O)CN1C[C@H](c2ccc3c(c2)OCO3)[C@H](C(=O)O)[C@H]1c1ccc(OC)cc1)C1CCCC1. The number of carbonyl (C=O) groups is 2. The van der Waals surface area contributed by atoms with Crippen molar-refractivity contribution in [2.24, 2.45) is 5.92 Å². The maximum Gasteiger partial charge on any atom is 0.309 e.